The Balaban J connectivity index is 2.29. The van der Waals surface area contributed by atoms with Crippen molar-refractivity contribution in [2.45, 2.75) is 19.1 Å². The molecule has 0 spiro atoms. The molecular formula is C17H21BrN2O. The summed E-state index contributed by atoms with van der Waals surface area (Å²) in [5.74, 6) is 0.819. The first kappa shape index (κ1) is 15.9. The fourth-order valence-electron chi connectivity index (χ4n) is 2.14. The summed E-state index contributed by atoms with van der Waals surface area (Å²) in [5, 5.41) is 0. The van der Waals surface area contributed by atoms with Crippen LogP contribution >= 0.6 is 15.9 Å². The van der Waals surface area contributed by atoms with Gasteiger partial charge in [0.2, 0.25) is 0 Å². The summed E-state index contributed by atoms with van der Waals surface area (Å²) in [6.07, 6.45) is -0.196. The van der Waals surface area contributed by atoms with E-state index in [0.29, 0.717) is 0 Å². The van der Waals surface area contributed by atoms with E-state index in [9.17, 15) is 0 Å². The van der Waals surface area contributed by atoms with Crippen LogP contribution in [0.4, 0.5) is 5.69 Å². The zero-order chi connectivity index (χ0) is 15.4. The predicted molar refractivity (Wildman–Crippen MR) is 91.9 cm³/mol. The van der Waals surface area contributed by atoms with Crippen LogP contribution in [0.1, 0.15) is 18.6 Å². The van der Waals surface area contributed by atoms with Gasteiger partial charge in [0, 0.05) is 41.9 Å². The second-order valence-electron chi connectivity index (χ2n) is 5.31. The Hall–Kier alpha value is -1.52. The highest BCUT2D eigenvalue weighted by Crippen LogP contribution is 2.30. The maximum Gasteiger partial charge on any atom is 0.140 e. The topological polar surface area (TPSA) is 38.5 Å². The van der Waals surface area contributed by atoms with Crippen molar-refractivity contribution in [1.29, 1.82) is 0 Å². The smallest absolute Gasteiger partial charge is 0.140 e. The number of rotatable bonds is 5. The van der Waals surface area contributed by atoms with Crippen LogP contribution in [-0.4, -0.2) is 20.1 Å². The Morgan fingerprint density at radius 3 is 2.43 bits per heavy atom. The van der Waals surface area contributed by atoms with Gasteiger partial charge < -0.3 is 15.4 Å². The van der Waals surface area contributed by atoms with Gasteiger partial charge in [0.15, 0.2) is 0 Å². The number of hydrogen-bond acceptors (Lipinski definition) is 3. The lowest BCUT2D eigenvalue weighted by Gasteiger charge is -2.24. The lowest BCUT2D eigenvalue weighted by atomic mass is 10.0. The molecule has 3 nitrogen and oxygen atoms in total. The number of hydrogen-bond donors (Lipinski definition) is 1. The third kappa shape index (κ3) is 3.99. The number of anilines is 1. The summed E-state index contributed by atoms with van der Waals surface area (Å²) in [7, 11) is 4.02. The summed E-state index contributed by atoms with van der Waals surface area (Å²) < 4.78 is 7.16. The molecule has 2 N–H and O–H groups in total. The standard InChI is InChI=1S/C17H21BrN2O/c1-12(19)17(15-9-4-5-10-16(15)18)21-14-8-6-7-13(11-14)20(2)3/h4-12,17H,19H2,1-3H3. The Bertz CT molecular complexity index is 599. The van der Waals surface area contributed by atoms with Crippen molar-refractivity contribution in [2.24, 2.45) is 5.73 Å². The van der Waals surface area contributed by atoms with Gasteiger partial charge in [-0.25, -0.2) is 0 Å². The predicted octanol–water partition coefficient (Wildman–Crippen LogP) is 3.98. The third-order valence-electron chi connectivity index (χ3n) is 3.29. The van der Waals surface area contributed by atoms with Gasteiger partial charge in [0.1, 0.15) is 11.9 Å². The highest BCUT2D eigenvalue weighted by atomic mass is 79.9. The Kier molecular flexibility index (Phi) is 5.26. The minimum absolute atomic E-state index is 0.119. The van der Waals surface area contributed by atoms with Crippen LogP contribution in [0.2, 0.25) is 0 Å². The van der Waals surface area contributed by atoms with E-state index in [4.69, 9.17) is 10.5 Å². The van der Waals surface area contributed by atoms with Crippen molar-refractivity contribution < 1.29 is 4.74 Å². The van der Waals surface area contributed by atoms with E-state index in [-0.39, 0.29) is 12.1 Å². The SMILES string of the molecule is CC(N)C(Oc1cccc(N(C)C)c1)c1ccccc1Br. The van der Waals surface area contributed by atoms with E-state index in [0.717, 1.165) is 21.5 Å². The number of nitrogens with two attached hydrogens (primary N) is 1. The van der Waals surface area contributed by atoms with Gasteiger partial charge in [0.05, 0.1) is 0 Å². The first-order chi connectivity index (χ1) is 9.99. The van der Waals surface area contributed by atoms with Crippen LogP contribution in [-0.2, 0) is 0 Å². The van der Waals surface area contributed by atoms with Crippen LogP contribution in [0, 0.1) is 0 Å². The molecule has 2 aromatic rings. The van der Waals surface area contributed by atoms with Gasteiger partial charge in [-0.15, -0.1) is 0 Å². The second-order valence-corrected chi connectivity index (χ2v) is 6.17. The molecule has 0 saturated heterocycles. The minimum atomic E-state index is -0.196. The van der Waals surface area contributed by atoms with E-state index in [2.05, 4.69) is 15.9 Å². The minimum Gasteiger partial charge on any atom is -0.484 e. The Labute approximate surface area is 134 Å². The van der Waals surface area contributed by atoms with Gasteiger partial charge in [-0.3, -0.25) is 0 Å². The summed E-state index contributed by atoms with van der Waals surface area (Å²) in [4.78, 5) is 2.05. The number of ether oxygens (including phenoxy) is 1. The molecule has 0 bridgehead atoms. The van der Waals surface area contributed by atoms with E-state index >= 15 is 0 Å². The first-order valence-electron chi connectivity index (χ1n) is 6.93. The molecule has 0 aliphatic carbocycles. The monoisotopic (exact) mass is 348 g/mol. The molecule has 0 aliphatic rings. The van der Waals surface area contributed by atoms with Crippen molar-refractivity contribution in [3.05, 3.63) is 58.6 Å². The molecular weight excluding hydrogens is 328 g/mol. The van der Waals surface area contributed by atoms with E-state index < -0.39 is 0 Å². The van der Waals surface area contributed by atoms with Gasteiger partial charge in [0.25, 0.3) is 0 Å². The lowest BCUT2D eigenvalue weighted by molar-refractivity contribution is 0.180. The summed E-state index contributed by atoms with van der Waals surface area (Å²) in [6.45, 7) is 1.96. The van der Waals surface area contributed by atoms with Gasteiger partial charge >= 0.3 is 0 Å². The molecule has 21 heavy (non-hydrogen) atoms. The van der Waals surface area contributed by atoms with Crippen molar-refractivity contribution in [3.8, 4) is 5.75 Å². The molecule has 4 heteroatoms. The molecule has 0 aliphatic heterocycles. The molecule has 0 saturated carbocycles. The summed E-state index contributed by atoms with van der Waals surface area (Å²) in [6, 6.07) is 15.9. The summed E-state index contributed by atoms with van der Waals surface area (Å²) in [5.41, 5.74) is 8.29. The Morgan fingerprint density at radius 2 is 1.81 bits per heavy atom. The zero-order valence-electron chi connectivity index (χ0n) is 12.6. The molecule has 0 heterocycles. The Morgan fingerprint density at radius 1 is 1.10 bits per heavy atom. The maximum atomic E-state index is 6.15. The molecule has 2 unspecified atom stereocenters. The molecule has 0 aromatic heterocycles. The molecule has 2 atom stereocenters. The van der Waals surface area contributed by atoms with Crippen molar-refractivity contribution in [3.63, 3.8) is 0 Å². The molecule has 0 radical (unpaired) electrons. The molecule has 2 aromatic carbocycles. The average molecular weight is 349 g/mol. The third-order valence-corrected chi connectivity index (χ3v) is 4.01. The second kappa shape index (κ2) is 6.96. The first-order valence-corrected chi connectivity index (χ1v) is 7.72. The molecule has 112 valence electrons. The summed E-state index contributed by atoms with van der Waals surface area (Å²) >= 11 is 3.57. The maximum absolute atomic E-state index is 6.15. The van der Waals surface area contributed by atoms with Gasteiger partial charge in [-0.2, -0.15) is 0 Å². The van der Waals surface area contributed by atoms with E-state index in [1.54, 1.807) is 0 Å². The molecule has 0 fully saturated rings. The molecule has 2 rings (SSSR count). The largest absolute Gasteiger partial charge is 0.484 e. The normalized spacial score (nSPS) is 13.6. The van der Waals surface area contributed by atoms with Crippen molar-refractivity contribution in [2.75, 3.05) is 19.0 Å². The lowest BCUT2D eigenvalue weighted by Crippen LogP contribution is -2.29. The fourth-order valence-corrected chi connectivity index (χ4v) is 2.65. The number of benzene rings is 2. The van der Waals surface area contributed by atoms with Crippen LogP contribution in [0.15, 0.2) is 53.0 Å². The number of nitrogens with zero attached hydrogens (tertiary/aromatic N) is 1. The van der Waals surface area contributed by atoms with Gasteiger partial charge in [-0.1, -0.05) is 40.2 Å². The molecule has 0 amide bonds. The van der Waals surface area contributed by atoms with Crippen molar-refractivity contribution in [1.82, 2.24) is 0 Å². The average Bonchev–Trinajstić information content (AvgIpc) is 2.45. The van der Waals surface area contributed by atoms with E-state index in [1.165, 1.54) is 0 Å². The number of halogens is 1. The van der Waals surface area contributed by atoms with Crippen LogP contribution in [0.5, 0.6) is 5.75 Å². The van der Waals surface area contributed by atoms with Crippen LogP contribution < -0.4 is 15.4 Å². The zero-order valence-corrected chi connectivity index (χ0v) is 14.2. The highest BCUT2D eigenvalue weighted by molar-refractivity contribution is 9.10. The van der Waals surface area contributed by atoms with Crippen LogP contribution in [0.3, 0.4) is 0 Å². The van der Waals surface area contributed by atoms with Gasteiger partial charge in [-0.05, 0) is 25.1 Å². The quantitative estimate of drug-likeness (QED) is 0.887. The van der Waals surface area contributed by atoms with Crippen LogP contribution in [0.25, 0.3) is 0 Å². The van der Waals surface area contributed by atoms with Crippen molar-refractivity contribution >= 4 is 21.6 Å². The fraction of sp³-hybridized carbons (Fsp3) is 0.294. The highest BCUT2D eigenvalue weighted by Gasteiger charge is 2.20. The van der Waals surface area contributed by atoms with E-state index in [1.807, 2.05) is 74.4 Å².